The molecule has 1 fully saturated rings. The Balaban J connectivity index is 2.67. The quantitative estimate of drug-likeness (QED) is 0.575. The van der Waals surface area contributed by atoms with Gasteiger partial charge in [-0.3, -0.25) is 4.79 Å². The molecule has 0 unspecified atom stereocenters. The zero-order valence-corrected chi connectivity index (χ0v) is 12.2. The van der Waals surface area contributed by atoms with Crippen molar-refractivity contribution in [3.8, 4) is 0 Å². The summed E-state index contributed by atoms with van der Waals surface area (Å²) in [7, 11) is -1.64. The minimum Gasteiger partial charge on any atom is -0.403 e. The lowest BCUT2D eigenvalue weighted by atomic mass is 9.91. The van der Waals surface area contributed by atoms with Crippen molar-refractivity contribution < 1.29 is 9.22 Å². The van der Waals surface area contributed by atoms with E-state index in [4.69, 9.17) is 4.43 Å². The number of β-lactam (4-membered cyclic amide) rings is 1. The number of hydrogen-bond donors (Lipinski definition) is 1. The number of hydrogen-bond acceptors (Lipinski definition) is 2. The highest BCUT2D eigenvalue weighted by molar-refractivity contribution is 6.73. The summed E-state index contributed by atoms with van der Waals surface area (Å²) < 4.78 is 6.23. The Morgan fingerprint density at radius 3 is 2.06 bits per heavy atom. The van der Waals surface area contributed by atoms with Gasteiger partial charge in [-0.1, -0.05) is 34.6 Å². The van der Waals surface area contributed by atoms with E-state index in [2.05, 4.69) is 39.9 Å². The summed E-state index contributed by atoms with van der Waals surface area (Å²) in [6.45, 7) is 10.8. The molecule has 1 saturated heterocycles. The molecular formula is C12H25NO2Si. The first kappa shape index (κ1) is 13.7. The zero-order chi connectivity index (χ0) is 12.3. The Hall–Kier alpha value is -0.353. The molecule has 0 bridgehead atoms. The van der Waals surface area contributed by atoms with Crippen molar-refractivity contribution in [3.63, 3.8) is 0 Å². The fraction of sp³-hybridized carbons (Fsp3) is 0.917. The van der Waals surface area contributed by atoms with Crippen LogP contribution in [-0.4, -0.2) is 26.4 Å². The molecule has 16 heavy (non-hydrogen) atoms. The largest absolute Gasteiger partial charge is 0.403 e. The van der Waals surface area contributed by atoms with Crippen LogP contribution in [-0.2, 0) is 9.22 Å². The van der Waals surface area contributed by atoms with Crippen molar-refractivity contribution in [2.24, 2.45) is 5.92 Å². The molecule has 0 aromatic heterocycles. The SMILES string of the molecule is CC[Si](CC)(CC)O[C@H]1C(=O)N[C@H]1C(C)C. The predicted molar refractivity (Wildman–Crippen MR) is 68.8 cm³/mol. The third-order valence-corrected chi connectivity index (χ3v) is 8.54. The third kappa shape index (κ3) is 2.48. The molecule has 1 N–H and O–H groups in total. The van der Waals surface area contributed by atoms with Crippen LogP contribution in [0.5, 0.6) is 0 Å². The lowest BCUT2D eigenvalue weighted by molar-refractivity contribution is -0.142. The van der Waals surface area contributed by atoms with Gasteiger partial charge in [0.05, 0.1) is 6.04 Å². The van der Waals surface area contributed by atoms with Gasteiger partial charge in [0.15, 0.2) is 8.32 Å². The van der Waals surface area contributed by atoms with Crippen LogP contribution in [0, 0.1) is 5.92 Å². The predicted octanol–water partition coefficient (Wildman–Crippen LogP) is 2.53. The van der Waals surface area contributed by atoms with E-state index in [-0.39, 0.29) is 18.1 Å². The van der Waals surface area contributed by atoms with E-state index in [1.807, 2.05) is 0 Å². The highest BCUT2D eigenvalue weighted by Gasteiger charge is 2.46. The summed E-state index contributed by atoms with van der Waals surface area (Å²) in [4.78, 5) is 11.6. The molecule has 4 heteroatoms. The molecule has 1 heterocycles. The Labute approximate surface area is 100 Å². The maximum Gasteiger partial charge on any atom is 0.250 e. The van der Waals surface area contributed by atoms with Crippen molar-refractivity contribution in [1.29, 1.82) is 0 Å². The van der Waals surface area contributed by atoms with Gasteiger partial charge in [0.25, 0.3) is 0 Å². The zero-order valence-electron chi connectivity index (χ0n) is 11.2. The summed E-state index contributed by atoms with van der Waals surface area (Å²) in [6.07, 6.45) is -0.175. The van der Waals surface area contributed by atoms with Crippen molar-refractivity contribution in [2.45, 2.75) is 64.9 Å². The van der Waals surface area contributed by atoms with Crippen LogP contribution in [0.4, 0.5) is 0 Å². The van der Waals surface area contributed by atoms with Crippen LogP contribution in [0.1, 0.15) is 34.6 Å². The van der Waals surface area contributed by atoms with Crippen LogP contribution in [0.3, 0.4) is 0 Å². The first-order valence-corrected chi connectivity index (χ1v) is 9.00. The normalized spacial score (nSPS) is 25.5. The van der Waals surface area contributed by atoms with Gasteiger partial charge in [-0.25, -0.2) is 0 Å². The lowest BCUT2D eigenvalue weighted by Gasteiger charge is -2.44. The highest BCUT2D eigenvalue weighted by Crippen LogP contribution is 2.28. The standard InChI is InChI=1S/C12H25NO2Si/c1-6-16(7-2,8-3)15-11-10(9(4)5)13-12(11)14/h9-11H,6-8H2,1-5H3,(H,13,14)/t10-,11+/m0/s1. The average Bonchev–Trinajstić information content (AvgIpc) is 2.28. The summed E-state index contributed by atoms with van der Waals surface area (Å²) in [5.74, 6) is 0.547. The summed E-state index contributed by atoms with van der Waals surface area (Å²) in [5, 5.41) is 2.95. The molecule has 0 spiro atoms. The van der Waals surface area contributed by atoms with Gasteiger partial charge in [-0.05, 0) is 24.1 Å². The van der Waals surface area contributed by atoms with Gasteiger partial charge >= 0.3 is 0 Å². The molecule has 1 aliphatic heterocycles. The molecule has 1 rings (SSSR count). The average molecular weight is 243 g/mol. The number of rotatable bonds is 6. The molecule has 0 radical (unpaired) electrons. The van der Waals surface area contributed by atoms with Crippen LogP contribution >= 0.6 is 0 Å². The second-order valence-electron chi connectivity index (χ2n) is 5.06. The molecule has 0 aromatic rings. The number of carbonyl (C=O) groups excluding carboxylic acids is 1. The van der Waals surface area contributed by atoms with E-state index in [1.54, 1.807) is 0 Å². The molecule has 0 aliphatic carbocycles. The number of nitrogens with one attached hydrogen (secondary N) is 1. The molecule has 0 saturated carbocycles. The summed E-state index contributed by atoms with van der Waals surface area (Å²) >= 11 is 0. The van der Waals surface area contributed by atoms with E-state index >= 15 is 0 Å². The maximum absolute atomic E-state index is 11.6. The fourth-order valence-electron chi connectivity index (χ4n) is 2.30. The topological polar surface area (TPSA) is 38.3 Å². The van der Waals surface area contributed by atoms with E-state index < -0.39 is 8.32 Å². The third-order valence-electron chi connectivity index (χ3n) is 3.92. The first-order valence-electron chi connectivity index (χ1n) is 6.47. The Morgan fingerprint density at radius 2 is 1.75 bits per heavy atom. The summed E-state index contributed by atoms with van der Waals surface area (Å²) in [5.41, 5.74) is 0. The minimum atomic E-state index is -1.64. The maximum atomic E-state index is 11.6. The molecular weight excluding hydrogens is 218 g/mol. The van der Waals surface area contributed by atoms with Crippen molar-refractivity contribution in [3.05, 3.63) is 0 Å². The van der Waals surface area contributed by atoms with Gasteiger partial charge in [-0.15, -0.1) is 0 Å². The van der Waals surface area contributed by atoms with Crippen molar-refractivity contribution in [2.75, 3.05) is 0 Å². The van der Waals surface area contributed by atoms with Gasteiger partial charge < -0.3 is 9.74 Å². The second kappa shape index (κ2) is 5.32. The van der Waals surface area contributed by atoms with E-state index in [1.165, 1.54) is 0 Å². The Bertz CT molecular complexity index is 243. The Morgan fingerprint density at radius 1 is 1.25 bits per heavy atom. The van der Waals surface area contributed by atoms with E-state index in [0.717, 1.165) is 18.1 Å². The van der Waals surface area contributed by atoms with Gasteiger partial charge in [-0.2, -0.15) is 0 Å². The van der Waals surface area contributed by atoms with Crippen molar-refractivity contribution in [1.82, 2.24) is 5.32 Å². The Kier molecular flexibility index (Phi) is 4.56. The number of amides is 1. The molecule has 94 valence electrons. The lowest BCUT2D eigenvalue weighted by Crippen LogP contribution is -2.68. The van der Waals surface area contributed by atoms with E-state index in [0.29, 0.717) is 5.92 Å². The van der Waals surface area contributed by atoms with Gasteiger partial charge in [0.2, 0.25) is 5.91 Å². The fourth-order valence-corrected chi connectivity index (χ4v) is 5.09. The van der Waals surface area contributed by atoms with Crippen LogP contribution in [0.25, 0.3) is 0 Å². The molecule has 0 aromatic carbocycles. The number of carbonyl (C=O) groups is 1. The molecule has 1 amide bonds. The summed E-state index contributed by atoms with van der Waals surface area (Å²) in [6, 6.07) is 3.54. The van der Waals surface area contributed by atoms with E-state index in [9.17, 15) is 4.79 Å². The smallest absolute Gasteiger partial charge is 0.250 e. The molecule has 3 nitrogen and oxygen atoms in total. The van der Waals surface area contributed by atoms with Gasteiger partial charge in [0.1, 0.15) is 6.10 Å². The molecule has 1 aliphatic rings. The van der Waals surface area contributed by atoms with Gasteiger partial charge in [0, 0.05) is 0 Å². The van der Waals surface area contributed by atoms with Crippen LogP contribution < -0.4 is 5.32 Å². The van der Waals surface area contributed by atoms with Crippen molar-refractivity contribution >= 4 is 14.2 Å². The monoisotopic (exact) mass is 243 g/mol. The highest BCUT2D eigenvalue weighted by atomic mass is 28.4. The minimum absolute atomic E-state index is 0.0888. The van der Waals surface area contributed by atoms with Crippen LogP contribution in [0.15, 0.2) is 0 Å². The second-order valence-corrected chi connectivity index (χ2v) is 9.78. The first-order chi connectivity index (χ1) is 7.49. The van der Waals surface area contributed by atoms with Crippen LogP contribution in [0.2, 0.25) is 18.1 Å². The molecule has 2 atom stereocenters.